The van der Waals surface area contributed by atoms with Crippen LogP contribution in [-0.4, -0.2) is 0 Å². The van der Waals surface area contributed by atoms with Crippen LogP contribution in [-0.2, 0) is 5.75 Å². The van der Waals surface area contributed by atoms with Crippen molar-refractivity contribution in [3.8, 4) is 0 Å². The van der Waals surface area contributed by atoms with E-state index in [-0.39, 0.29) is 0 Å². The third-order valence-electron chi connectivity index (χ3n) is 2.71. The zero-order valence-electron chi connectivity index (χ0n) is 9.61. The number of thioether (sulfide) groups is 1. The molecule has 0 aliphatic rings. The predicted octanol–water partition coefficient (Wildman–Crippen LogP) is 4.52. The molecule has 88 valence electrons. The van der Waals surface area contributed by atoms with Gasteiger partial charge in [-0.15, -0.1) is 11.8 Å². The minimum atomic E-state index is 0.805. The second-order valence-corrected chi connectivity index (χ2v) is 5.27. The Kier molecular flexibility index (Phi) is 3.97. The molecule has 0 saturated carbocycles. The summed E-state index contributed by atoms with van der Waals surface area (Å²) in [5.74, 6) is 0.889. The molecule has 0 radical (unpaired) electrons. The summed E-state index contributed by atoms with van der Waals surface area (Å²) >= 11 is 7.85. The van der Waals surface area contributed by atoms with Crippen molar-refractivity contribution >= 4 is 29.1 Å². The summed E-state index contributed by atoms with van der Waals surface area (Å²) in [6, 6.07) is 13.9. The Morgan fingerprint density at radius 1 is 1.12 bits per heavy atom. The summed E-state index contributed by atoms with van der Waals surface area (Å²) < 4.78 is 0. The number of hydrogen-bond acceptors (Lipinski definition) is 2. The van der Waals surface area contributed by atoms with E-state index in [4.69, 9.17) is 17.3 Å². The molecule has 0 aliphatic heterocycles. The molecule has 0 bridgehead atoms. The molecule has 0 aromatic heterocycles. The van der Waals surface area contributed by atoms with E-state index in [2.05, 4.69) is 13.0 Å². The number of benzene rings is 2. The van der Waals surface area contributed by atoms with E-state index in [1.54, 1.807) is 11.8 Å². The van der Waals surface area contributed by atoms with Crippen molar-refractivity contribution in [2.75, 3.05) is 5.73 Å². The summed E-state index contributed by atoms with van der Waals surface area (Å²) in [6.07, 6.45) is 0. The third-order valence-corrected chi connectivity index (χ3v) is 4.27. The summed E-state index contributed by atoms with van der Waals surface area (Å²) in [5, 5.41) is 0.805. The number of hydrogen-bond donors (Lipinski definition) is 1. The lowest BCUT2D eigenvalue weighted by Gasteiger charge is -2.08. The third kappa shape index (κ3) is 2.96. The molecule has 0 spiro atoms. The summed E-state index contributed by atoms with van der Waals surface area (Å²) in [7, 11) is 0. The minimum absolute atomic E-state index is 0.805. The van der Waals surface area contributed by atoms with Crippen molar-refractivity contribution < 1.29 is 0 Å². The van der Waals surface area contributed by atoms with Gasteiger partial charge < -0.3 is 5.73 Å². The quantitative estimate of drug-likeness (QED) is 0.651. The van der Waals surface area contributed by atoms with E-state index < -0.39 is 0 Å². The Hall–Kier alpha value is -1.12. The van der Waals surface area contributed by atoms with Gasteiger partial charge in [-0.1, -0.05) is 35.9 Å². The average molecular weight is 264 g/mol. The van der Waals surface area contributed by atoms with Gasteiger partial charge in [0.05, 0.1) is 5.02 Å². The highest BCUT2D eigenvalue weighted by atomic mass is 35.5. The SMILES string of the molecule is Cc1c(N)cccc1CSc1ccccc1Cl. The van der Waals surface area contributed by atoms with Gasteiger partial charge in [0.15, 0.2) is 0 Å². The van der Waals surface area contributed by atoms with Crippen molar-refractivity contribution in [1.82, 2.24) is 0 Å². The molecule has 0 amide bonds. The molecule has 0 fully saturated rings. The highest BCUT2D eigenvalue weighted by molar-refractivity contribution is 7.98. The van der Waals surface area contributed by atoms with E-state index in [0.29, 0.717) is 0 Å². The van der Waals surface area contributed by atoms with Crippen molar-refractivity contribution in [2.24, 2.45) is 0 Å². The smallest absolute Gasteiger partial charge is 0.0541 e. The molecule has 0 saturated heterocycles. The Morgan fingerprint density at radius 2 is 1.88 bits per heavy atom. The highest BCUT2D eigenvalue weighted by Crippen LogP contribution is 2.30. The van der Waals surface area contributed by atoms with E-state index in [1.165, 1.54) is 5.56 Å². The Labute approximate surface area is 111 Å². The summed E-state index contributed by atoms with van der Waals surface area (Å²) in [6.45, 7) is 2.05. The fraction of sp³-hybridized carbons (Fsp3) is 0.143. The van der Waals surface area contributed by atoms with Gasteiger partial charge in [-0.2, -0.15) is 0 Å². The predicted molar refractivity (Wildman–Crippen MR) is 76.6 cm³/mol. The minimum Gasteiger partial charge on any atom is -0.399 e. The Bertz CT molecular complexity index is 525. The van der Waals surface area contributed by atoms with Crippen LogP contribution in [0.2, 0.25) is 5.02 Å². The molecule has 0 unspecified atom stereocenters. The van der Waals surface area contributed by atoms with Gasteiger partial charge >= 0.3 is 0 Å². The molecule has 0 atom stereocenters. The molecular formula is C14H14ClNS. The lowest BCUT2D eigenvalue weighted by molar-refractivity contribution is 1.30. The van der Waals surface area contributed by atoms with Crippen LogP contribution in [0.3, 0.4) is 0 Å². The lowest BCUT2D eigenvalue weighted by Crippen LogP contribution is -1.93. The topological polar surface area (TPSA) is 26.0 Å². The molecule has 0 heterocycles. The first-order chi connectivity index (χ1) is 8.18. The van der Waals surface area contributed by atoms with Crippen LogP contribution in [0.5, 0.6) is 0 Å². The summed E-state index contributed by atoms with van der Waals surface area (Å²) in [4.78, 5) is 1.11. The van der Waals surface area contributed by atoms with Gasteiger partial charge in [-0.25, -0.2) is 0 Å². The van der Waals surface area contributed by atoms with Crippen molar-refractivity contribution in [1.29, 1.82) is 0 Å². The second kappa shape index (κ2) is 5.48. The van der Waals surface area contributed by atoms with Crippen LogP contribution in [0.25, 0.3) is 0 Å². The number of halogens is 1. The van der Waals surface area contributed by atoms with Gasteiger partial charge in [0.2, 0.25) is 0 Å². The van der Waals surface area contributed by atoms with Crippen molar-refractivity contribution in [3.05, 3.63) is 58.6 Å². The van der Waals surface area contributed by atoms with Crippen LogP contribution >= 0.6 is 23.4 Å². The van der Waals surface area contributed by atoms with Gasteiger partial charge in [-0.05, 0) is 36.2 Å². The van der Waals surface area contributed by atoms with Crippen molar-refractivity contribution in [2.45, 2.75) is 17.6 Å². The van der Waals surface area contributed by atoms with Crippen LogP contribution in [0, 0.1) is 6.92 Å². The van der Waals surface area contributed by atoms with E-state index in [0.717, 1.165) is 26.9 Å². The normalized spacial score (nSPS) is 10.5. The monoisotopic (exact) mass is 263 g/mol. The Morgan fingerprint density at radius 3 is 2.65 bits per heavy atom. The van der Waals surface area contributed by atoms with Gasteiger partial charge in [-0.3, -0.25) is 0 Å². The maximum absolute atomic E-state index is 6.12. The zero-order valence-corrected chi connectivity index (χ0v) is 11.2. The highest BCUT2D eigenvalue weighted by Gasteiger charge is 2.04. The first kappa shape index (κ1) is 12.3. The number of nitrogens with two attached hydrogens (primary N) is 1. The fourth-order valence-electron chi connectivity index (χ4n) is 1.58. The maximum atomic E-state index is 6.12. The van der Waals surface area contributed by atoms with Crippen LogP contribution in [0.1, 0.15) is 11.1 Å². The molecule has 0 aliphatic carbocycles. The van der Waals surface area contributed by atoms with E-state index in [9.17, 15) is 0 Å². The first-order valence-corrected chi connectivity index (χ1v) is 6.76. The second-order valence-electron chi connectivity index (χ2n) is 3.85. The number of nitrogen functional groups attached to an aromatic ring is 1. The van der Waals surface area contributed by atoms with E-state index in [1.807, 2.05) is 36.4 Å². The van der Waals surface area contributed by atoms with Gasteiger partial charge in [0.1, 0.15) is 0 Å². The maximum Gasteiger partial charge on any atom is 0.0541 e. The van der Waals surface area contributed by atoms with E-state index >= 15 is 0 Å². The van der Waals surface area contributed by atoms with Crippen LogP contribution in [0.4, 0.5) is 5.69 Å². The molecule has 2 aromatic rings. The van der Waals surface area contributed by atoms with Gasteiger partial charge in [0, 0.05) is 16.3 Å². The van der Waals surface area contributed by atoms with Crippen molar-refractivity contribution in [3.63, 3.8) is 0 Å². The number of anilines is 1. The standard InChI is InChI=1S/C14H14ClNS/c1-10-11(5-4-7-13(10)16)9-17-14-8-3-2-6-12(14)15/h2-8H,9,16H2,1H3. The molecule has 2 rings (SSSR count). The van der Waals surface area contributed by atoms with Crippen LogP contribution < -0.4 is 5.73 Å². The molecule has 2 aromatic carbocycles. The average Bonchev–Trinajstić information content (AvgIpc) is 2.33. The molecule has 3 heteroatoms. The van der Waals surface area contributed by atoms with Crippen LogP contribution in [0.15, 0.2) is 47.4 Å². The first-order valence-electron chi connectivity index (χ1n) is 5.40. The molecule has 17 heavy (non-hydrogen) atoms. The number of rotatable bonds is 3. The molecular weight excluding hydrogens is 250 g/mol. The molecule has 2 N–H and O–H groups in total. The lowest BCUT2D eigenvalue weighted by atomic mass is 10.1. The zero-order chi connectivity index (χ0) is 12.3. The Balaban J connectivity index is 2.13. The molecule has 1 nitrogen and oxygen atoms in total. The fourth-order valence-corrected chi connectivity index (χ4v) is 2.88. The summed E-state index contributed by atoms with van der Waals surface area (Å²) in [5.41, 5.74) is 9.15. The van der Waals surface area contributed by atoms with Gasteiger partial charge in [0.25, 0.3) is 0 Å². The largest absolute Gasteiger partial charge is 0.399 e.